The molecule has 182 valence electrons. The maximum atomic E-state index is 13.3. The molecule has 4 rings (SSSR count). The third kappa shape index (κ3) is 4.58. The highest BCUT2D eigenvalue weighted by atomic mass is 16.6. The van der Waals surface area contributed by atoms with Gasteiger partial charge in [0.25, 0.3) is 17.4 Å². The Hall–Kier alpha value is -4.79. The van der Waals surface area contributed by atoms with E-state index in [9.17, 15) is 29.6 Å². The van der Waals surface area contributed by atoms with Crippen molar-refractivity contribution < 1.29 is 29.2 Å². The average molecular weight is 486 g/mol. The standard InChI is InChI=1S/C27H22N2O7/c1-3-17-10-12-20(13-11-17)28-24(18-6-5-9-22(15-18)36-16(2)30)23(26(32)27(28)33)25(31)19-7-4-8-21(14-19)29(34)35/h4-15,24,31H,3H2,1-2H3/b25-23-. The molecule has 9 nitrogen and oxygen atoms in total. The third-order valence-corrected chi connectivity index (χ3v) is 5.83. The number of rotatable bonds is 6. The first-order chi connectivity index (χ1) is 17.2. The molecule has 1 N–H and O–H groups in total. The summed E-state index contributed by atoms with van der Waals surface area (Å²) < 4.78 is 5.18. The monoisotopic (exact) mass is 486 g/mol. The van der Waals surface area contributed by atoms with Crippen LogP contribution in [-0.2, 0) is 20.8 Å². The van der Waals surface area contributed by atoms with Crippen LogP contribution in [0.25, 0.3) is 5.76 Å². The van der Waals surface area contributed by atoms with Crippen LogP contribution in [0.2, 0.25) is 0 Å². The van der Waals surface area contributed by atoms with Gasteiger partial charge in [0.1, 0.15) is 11.5 Å². The van der Waals surface area contributed by atoms with E-state index in [-0.39, 0.29) is 22.6 Å². The lowest BCUT2D eigenvalue weighted by molar-refractivity contribution is -0.384. The molecule has 1 atom stereocenters. The molecule has 0 aliphatic carbocycles. The maximum Gasteiger partial charge on any atom is 0.308 e. The minimum atomic E-state index is -1.08. The predicted molar refractivity (Wildman–Crippen MR) is 131 cm³/mol. The second-order valence-corrected chi connectivity index (χ2v) is 8.16. The zero-order valence-electron chi connectivity index (χ0n) is 19.5. The molecule has 1 aliphatic rings. The molecule has 1 amide bonds. The number of carbonyl (C=O) groups excluding carboxylic acids is 3. The molecule has 36 heavy (non-hydrogen) atoms. The molecule has 9 heteroatoms. The highest BCUT2D eigenvalue weighted by Gasteiger charge is 2.47. The number of aliphatic hydroxyl groups excluding tert-OH is 1. The van der Waals surface area contributed by atoms with Crippen molar-refractivity contribution in [1.29, 1.82) is 0 Å². The summed E-state index contributed by atoms with van der Waals surface area (Å²) in [6, 6.07) is 17.5. The van der Waals surface area contributed by atoms with E-state index in [1.165, 1.54) is 36.1 Å². The van der Waals surface area contributed by atoms with E-state index in [1.54, 1.807) is 30.3 Å². The zero-order chi connectivity index (χ0) is 26.0. The van der Waals surface area contributed by atoms with Gasteiger partial charge in [0, 0.05) is 30.3 Å². The Kier molecular flexibility index (Phi) is 6.64. The molecule has 0 radical (unpaired) electrons. The Bertz CT molecular complexity index is 1410. The first-order valence-corrected chi connectivity index (χ1v) is 11.1. The summed E-state index contributed by atoms with van der Waals surface area (Å²) in [6.07, 6.45) is 0.778. The topological polar surface area (TPSA) is 127 Å². The lowest BCUT2D eigenvalue weighted by atomic mass is 9.94. The molecule has 1 heterocycles. The van der Waals surface area contributed by atoms with Crippen LogP contribution in [0.3, 0.4) is 0 Å². The number of benzene rings is 3. The Labute approximate surface area is 206 Å². The summed E-state index contributed by atoms with van der Waals surface area (Å²) >= 11 is 0. The van der Waals surface area contributed by atoms with Crippen molar-refractivity contribution in [3.63, 3.8) is 0 Å². The van der Waals surface area contributed by atoms with E-state index in [0.29, 0.717) is 11.3 Å². The molecule has 3 aromatic rings. The van der Waals surface area contributed by atoms with Crippen molar-refractivity contribution in [2.24, 2.45) is 0 Å². The quantitative estimate of drug-likeness (QED) is 0.102. The Balaban J connectivity index is 1.93. The maximum absolute atomic E-state index is 13.3. The molecule has 0 saturated carbocycles. The molecule has 0 aromatic heterocycles. The third-order valence-electron chi connectivity index (χ3n) is 5.83. The van der Waals surface area contributed by atoms with Crippen molar-refractivity contribution in [3.05, 3.63) is 105 Å². The number of carbonyl (C=O) groups is 3. The second-order valence-electron chi connectivity index (χ2n) is 8.16. The van der Waals surface area contributed by atoms with Crippen LogP contribution in [0.5, 0.6) is 5.75 Å². The van der Waals surface area contributed by atoms with Gasteiger partial charge < -0.3 is 9.84 Å². The summed E-state index contributed by atoms with van der Waals surface area (Å²) in [7, 11) is 0. The molecular weight excluding hydrogens is 464 g/mol. The molecular formula is C27H22N2O7. The number of ether oxygens (including phenoxy) is 1. The van der Waals surface area contributed by atoms with Crippen LogP contribution >= 0.6 is 0 Å². The van der Waals surface area contributed by atoms with E-state index < -0.39 is 34.4 Å². The van der Waals surface area contributed by atoms with E-state index in [0.717, 1.165) is 18.1 Å². The van der Waals surface area contributed by atoms with E-state index >= 15 is 0 Å². The number of ketones is 1. The van der Waals surface area contributed by atoms with Gasteiger partial charge in [-0.25, -0.2) is 0 Å². The first kappa shape index (κ1) is 24.3. The highest BCUT2D eigenvalue weighted by Crippen LogP contribution is 2.43. The van der Waals surface area contributed by atoms with Crippen molar-refractivity contribution in [2.45, 2.75) is 26.3 Å². The number of amides is 1. The number of hydrogen-bond acceptors (Lipinski definition) is 7. The fourth-order valence-electron chi connectivity index (χ4n) is 4.14. The van der Waals surface area contributed by atoms with Gasteiger partial charge in [0.15, 0.2) is 0 Å². The fourth-order valence-corrected chi connectivity index (χ4v) is 4.14. The van der Waals surface area contributed by atoms with Crippen LogP contribution in [0.4, 0.5) is 11.4 Å². The smallest absolute Gasteiger partial charge is 0.308 e. The molecule has 3 aromatic carbocycles. The van der Waals surface area contributed by atoms with E-state index in [1.807, 2.05) is 19.1 Å². The van der Waals surface area contributed by atoms with Crippen LogP contribution in [0.1, 0.15) is 36.6 Å². The molecule has 1 saturated heterocycles. The van der Waals surface area contributed by atoms with Crippen molar-refractivity contribution >= 4 is 34.8 Å². The summed E-state index contributed by atoms with van der Waals surface area (Å²) in [6.45, 7) is 3.23. The van der Waals surface area contributed by atoms with Gasteiger partial charge in [-0.3, -0.25) is 29.4 Å². The summed E-state index contributed by atoms with van der Waals surface area (Å²) in [5, 5.41) is 22.4. The minimum absolute atomic E-state index is 0.0182. The number of anilines is 1. The van der Waals surface area contributed by atoms with E-state index in [2.05, 4.69) is 0 Å². The fraction of sp³-hybridized carbons (Fsp3) is 0.148. The van der Waals surface area contributed by atoms with Crippen molar-refractivity contribution in [1.82, 2.24) is 0 Å². The molecule has 1 unspecified atom stereocenters. The number of nitrogens with zero attached hydrogens (tertiary/aromatic N) is 2. The number of hydrogen-bond donors (Lipinski definition) is 1. The Morgan fingerprint density at radius 3 is 2.39 bits per heavy atom. The van der Waals surface area contributed by atoms with Gasteiger partial charge in [-0.1, -0.05) is 43.3 Å². The van der Waals surface area contributed by atoms with Crippen LogP contribution < -0.4 is 9.64 Å². The largest absolute Gasteiger partial charge is 0.507 e. The van der Waals surface area contributed by atoms with Crippen LogP contribution in [-0.4, -0.2) is 27.7 Å². The van der Waals surface area contributed by atoms with Gasteiger partial charge in [-0.2, -0.15) is 0 Å². The lowest BCUT2D eigenvalue weighted by Gasteiger charge is -2.26. The average Bonchev–Trinajstić information content (AvgIpc) is 3.13. The first-order valence-electron chi connectivity index (χ1n) is 11.1. The Morgan fingerprint density at radius 1 is 1.06 bits per heavy atom. The van der Waals surface area contributed by atoms with Crippen LogP contribution in [0.15, 0.2) is 78.4 Å². The minimum Gasteiger partial charge on any atom is -0.507 e. The highest BCUT2D eigenvalue weighted by molar-refractivity contribution is 6.51. The predicted octanol–water partition coefficient (Wildman–Crippen LogP) is 4.71. The zero-order valence-corrected chi connectivity index (χ0v) is 19.5. The molecule has 0 spiro atoms. The number of nitro benzene ring substituents is 1. The van der Waals surface area contributed by atoms with Crippen molar-refractivity contribution in [3.8, 4) is 5.75 Å². The summed E-state index contributed by atoms with van der Waals surface area (Å²) in [4.78, 5) is 49.9. The molecule has 1 aliphatic heterocycles. The number of aryl methyl sites for hydroxylation is 1. The lowest BCUT2D eigenvalue weighted by Crippen LogP contribution is -2.29. The number of nitro groups is 1. The normalized spacial score (nSPS) is 16.7. The SMILES string of the molecule is CCc1ccc(N2C(=O)C(=O)/C(=C(\O)c3cccc([N+](=O)[O-])c3)C2c2cccc(OC(C)=O)c2)cc1. The number of Topliss-reactive ketones (excluding diaryl/α,β-unsaturated/α-hetero) is 1. The number of esters is 1. The number of aliphatic hydroxyl groups is 1. The van der Waals surface area contributed by atoms with Gasteiger partial charge in [0.2, 0.25) is 0 Å². The van der Waals surface area contributed by atoms with Crippen molar-refractivity contribution in [2.75, 3.05) is 4.90 Å². The van der Waals surface area contributed by atoms with E-state index in [4.69, 9.17) is 4.74 Å². The molecule has 0 bridgehead atoms. The summed E-state index contributed by atoms with van der Waals surface area (Å²) in [5.41, 5.74) is 1.36. The summed E-state index contributed by atoms with van der Waals surface area (Å²) in [5.74, 6) is -2.71. The van der Waals surface area contributed by atoms with Gasteiger partial charge in [-0.15, -0.1) is 0 Å². The van der Waals surface area contributed by atoms with Gasteiger partial charge in [-0.05, 0) is 41.8 Å². The number of non-ortho nitro benzene ring substituents is 1. The molecule has 1 fully saturated rings. The Morgan fingerprint density at radius 2 is 1.75 bits per heavy atom. The van der Waals surface area contributed by atoms with Gasteiger partial charge >= 0.3 is 5.97 Å². The van der Waals surface area contributed by atoms with Crippen LogP contribution in [0, 0.1) is 10.1 Å². The second kappa shape index (κ2) is 9.83. The van der Waals surface area contributed by atoms with Gasteiger partial charge in [0.05, 0.1) is 16.5 Å².